The van der Waals surface area contributed by atoms with Crippen molar-refractivity contribution >= 4 is 21.8 Å². The Hall–Kier alpha value is -0.880. The molecule has 1 N–H and O–H groups in total. The van der Waals surface area contributed by atoms with Crippen LogP contribution in [0.5, 0.6) is 0 Å². The van der Waals surface area contributed by atoms with E-state index < -0.39 is 0 Å². The first kappa shape index (κ1) is 13.5. The zero-order valence-corrected chi connectivity index (χ0v) is 12.4. The number of piperidine rings is 1. The minimum absolute atomic E-state index is 0.0413. The predicted octanol–water partition coefficient (Wildman–Crippen LogP) is 1.16. The fourth-order valence-electron chi connectivity index (χ4n) is 2.15. The summed E-state index contributed by atoms with van der Waals surface area (Å²) >= 11 is 3.39. The zero-order valence-electron chi connectivity index (χ0n) is 10.8. The maximum absolute atomic E-state index is 11.9. The topological polar surface area (TPSA) is 50.2 Å². The number of carbonyl (C=O) groups is 1. The van der Waals surface area contributed by atoms with E-state index in [1.807, 2.05) is 13.1 Å². The van der Waals surface area contributed by atoms with Gasteiger partial charge in [-0.2, -0.15) is 5.10 Å². The predicted molar refractivity (Wildman–Crippen MR) is 73.3 cm³/mol. The lowest BCUT2D eigenvalue weighted by Gasteiger charge is -2.29. The molecule has 1 aromatic heterocycles. The van der Waals surface area contributed by atoms with E-state index in [1.165, 1.54) is 0 Å². The van der Waals surface area contributed by atoms with Crippen molar-refractivity contribution < 1.29 is 4.79 Å². The molecule has 6 heteroatoms. The molecule has 1 aliphatic rings. The Labute approximate surface area is 116 Å². The Balaban J connectivity index is 1.81. The van der Waals surface area contributed by atoms with Crippen LogP contribution in [0, 0.1) is 6.92 Å². The molecule has 1 saturated heterocycles. The lowest BCUT2D eigenvalue weighted by molar-refractivity contribution is -0.122. The smallest absolute Gasteiger partial charge is 0.241 e. The third-order valence-electron chi connectivity index (χ3n) is 3.28. The van der Waals surface area contributed by atoms with Gasteiger partial charge < -0.3 is 10.2 Å². The summed E-state index contributed by atoms with van der Waals surface area (Å²) in [6, 6.07) is 0.314. The van der Waals surface area contributed by atoms with Gasteiger partial charge in [-0.25, -0.2) is 0 Å². The summed E-state index contributed by atoms with van der Waals surface area (Å²) in [4.78, 5) is 14.2. The Kier molecular flexibility index (Phi) is 4.40. The fourth-order valence-corrected chi connectivity index (χ4v) is 2.46. The molecule has 2 heterocycles. The van der Waals surface area contributed by atoms with E-state index in [0.29, 0.717) is 12.6 Å². The van der Waals surface area contributed by atoms with E-state index >= 15 is 0 Å². The molecule has 0 aliphatic carbocycles. The molecule has 2 rings (SSSR count). The second-order valence-electron chi connectivity index (χ2n) is 4.91. The number of aromatic nitrogens is 2. The van der Waals surface area contributed by atoms with E-state index in [-0.39, 0.29) is 5.91 Å². The first-order chi connectivity index (χ1) is 8.54. The highest BCUT2D eigenvalue weighted by Crippen LogP contribution is 2.13. The van der Waals surface area contributed by atoms with Crippen molar-refractivity contribution in [2.45, 2.75) is 32.4 Å². The molecule has 5 nitrogen and oxygen atoms in total. The molecule has 0 spiro atoms. The van der Waals surface area contributed by atoms with E-state index in [2.05, 4.69) is 38.3 Å². The SMILES string of the molecule is Cc1nn(CC(=O)NC2CCN(C)CC2)cc1Br. The summed E-state index contributed by atoms with van der Waals surface area (Å²) in [5, 5.41) is 7.33. The molecular formula is C12H19BrN4O. The van der Waals surface area contributed by atoms with Crippen molar-refractivity contribution in [3.05, 3.63) is 16.4 Å². The highest BCUT2D eigenvalue weighted by Gasteiger charge is 2.18. The molecule has 18 heavy (non-hydrogen) atoms. The number of hydrogen-bond acceptors (Lipinski definition) is 3. The van der Waals surface area contributed by atoms with Crippen molar-refractivity contribution in [3.63, 3.8) is 0 Å². The van der Waals surface area contributed by atoms with Crippen LogP contribution in [0.2, 0.25) is 0 Å². The standard InChI is InChI=1S/C12H19BrN4O/c1-9-11(13)7-17(15-9)8-12(18)14-10-3-5-16(2)6-4-10/h7,10H,3-6,8H2,1-2H3,(H,14,18). The van der Waals surface area contributed by atoms with Gasteiger partial charge >= 0.3 is 0 Å². The number of rotatable bonds is 3. The maximum atomic E-state index is 11.9. The monoisotopic (exact) mass is 314 g/mol. The van der Waals surface area contributed by atoms with Crippen molar-refractivity contribution in [2.24, 2.45) is 0 Å². The summed E-state index contributed by atoms with van der Waals surface area (Å²) in [5.41, 5.74) is 0.905. The molecule has 0 unspecified atom stereocenters. The van der Waals surface area contributed by atoms with Gasteiger partial charge in [0.15, 0.2) is 0 Å². The lowest BCUT2D eigenvalue weighted by atomic mass is 10.1. The summed E-state index contributed by atoms with van der Waals surface area (Å²) in [6.45, 7) is 4.31. The van der Waals surface area contributed by atoms with Crippen molar-refractivity contribution in [1.82, 2.24) is 20.0 Å². The van der Waals surface area contributed by atoms with Crippen LogP contribution in [-0.2, 0) is 11.3 Å². The third-order valence-corrected chi connectivity index (χ3v) is 4.05. The van der Waals surface area contributed by atoms with Gasteiger partial charge in [0.05, 0.1) is 10.2 Å². The number of nitrogens with one attached hydrogen (secondary N) is 1. The molecule has 1 aromatic rings. The van der Waals surface area contributed by atoms with Crippen LogP contribution in [0.15, 0.2) is 10.7 Å². The largest absolute Gasteiger partial charge is 0.352 e. The summed E-state index contributed by atoms with van der Waals surface area (Å²) in [7, 11) is 2.11. The van der Waals surface area contributed by atoms with Gasteiger partial charge in [-0.15, -0.1) is 0 Å². The second kappa shape index (κ2) is 5.84. The molecule has 1 aliphatic heterocycles. The van der Waals surface area contributed by atoms with Crippen molar-refractivity contribution in [2.75, 3.05) is 20.1 Å². The average Bonchev–Trinajstić information content (AvgIpc) is 2.61. The molecule has 0 bridgehead atoms. The first-order valence-corrected chi connectivity index (χ1v) is 7.01. The fraction of sp³-hybridized carbons (Fsp3) is 0.667. The minimum atomic E-state index is 0.0413. The molecule has 0 atom stereocenters. The molecule has 1 amide bonds. The molecule has 1 fully saturated rings. The van der Waals surface area contributed by atoms with Crippen LogP contribution in [-0.4, -0.2) is 46.8 Å². The van der Waals surface area contributed by atoms with Gasteiger partial charge in [0, 0.05) is 12.2 Å². The van der Waals surface area contributed by atoms with E-state index in [9.17, 15) is 4.79 Å². The van der Waals surface area contributed by atoms with Gasteiger partial charge in [-0.3, -0.25) is 9.48 Å². The van der Waals surface area contributed by atoms with Crippen molar-refractivity contribution in [1.29, 1.82) is 0 Å². The summed E-state index contributed by atoms with van der Waals surface area (Å²) < 4.78 is 2.61. The van der Waals surface area contributed by atoms with Gasteiger partial charge in [-0.05, 0) is 55.8 Å². The molecule has 0 radical (unpaired) electrons. The maximum Gasteiger partial charge on any atom is 0.241 e. The first-order valence-electron chi connectivity index (χ1n) is 6.22. The van der Waals surface area contributed by atoms with E-state index in [1.54, 1.807) is 4.68 Å². The van der Waals surface area contributed by atoms with Crippen LogP contribution in [0.4, 0.5) is 0 Å². The Bertz CT molecular complexity index is 404. The number of carbonyl (C=O) groups excluding carboxylic acids is 1. The van der Waals surface area contributed by atoms with Crippen LogP contribution in [0.25, 0.3) is 0 Å². The number of amides is 1. The number of aryl methyl sites for hydroxylation is 1. The number of halogens is 1. The summed E-state index contributed by atoms with van der Waals surface area (Å²) in [6.07, 6.45) is 3.90. The van der Waals surface area contributed by atoms with Gasteiger partial charge in [0.25, 0.3) is 0 Å². The van der Waals surface area contributed by atoms with Gasteiger partial charge in [0.2, 0.25) is 5.91 Å². The normalized spacial score (nSPS) is 17.9. The molecular weight excluding hydrogens is 296 g/mol. The third kappa shape index (κ3) is 3.55. The van der Waals surface area contributed by atoms with Gasteiger partial charge in [0.1, 0.15) is 6.54 Å². The zero-order chi connectivity index (χ0) is 13.1. The van der Waals surface area contributed by atoms with E-state index in [4.69, 9.17) is 0 Å². The van der Waals surface area contributed by atoms with Crippen LogP contribution < -0.4 is 5.32 Å². The number of likely N-dealkylation sites (tertiary alicyclic amines) is 1. The highest BCUT2D eigenvalue weighted by molar-refractivity contribution is 9.10. The molecule has 100 valence electrons. The second-order valence-corrected chi connectivity index (χ2v) is 5.76. The number of hydrogen-bond donors (Lipinski definition) is 1. The average molecular weight is 315 g/mol. The van der Waals surface area contributed by atoms with E-state index in [0.717, 1.165) is 36.1 Å². The Morgan fingerprint density at radius 2 is 2.22 bits per heavy atom. The molecule has 0 aromatic carbocycles. The Morgan fingerprint density at radius 3 is 2.78 bits per heavy atom. The molecule has 0 saturated carbocycles. The Morgan fingerprint density at radius 1 is 1.56 bits per heavy atom. The lowest BCUT2D eigenvalue weighted by Crippen LogP contribution is -2.44. The van der Waals surface area contributed by atoms with Crippen LogP contribution in [0.1, 0.15) is 18.5 Å². The highest BCUT2D eigenvalue weighted by atomic mass is 79.9. The quantitative estimate of drug-likeness (QED) is 0.911. The van der Waals surface area contributed by atoms with Crippen LogP contribution >= 0.6 is 15.9 Å². The van der Waals surface area contributed by atoms with Crippen LogP contribution in [0.3, 0.4) is 0 Å². The van der Waals surface area contributed by atoms with Crippen molar-refractivity contribution in [3.8, 4) is 0 Å². The summed E-state index contributed by atoms with van der Waals surface area (Å²) in [5.74, 6) is 0.0413. The van der Waals surface area contributed by atoms with Gasteiger partial charge in [-0.1, -0.05) is 0 Å². The number of nitrogens with zero attached hydrogens (tertiary/aromatic N) is 3. The minimum Gasteiger partial charge on any atom is -0.352 e.